The van der Waals surface area contributed by atoms with Gasteiger partial charge in [0.15, 0.2) is 27.3 Å². The Bertz CT molecular complexity index is 718. The molecule has 1 unspecified atom stereocenters. The molecule has 1 fully saturated rings. The maximum absolute atomic E-state index is 11.5. The van der Waals surface area contributed by atoms with E-state index in [1.54, 1.807) is 7.05 Å². The van der Waals surface area contributed by atoms with Crippen LogP contribution in [0.5, 0.6) is 11.5 Å². The number of benzene rings is 1. The van der Waals surface area contributed by atoms with Crippen molar-refractivity contribution in [2.24, 2.45) is 10.9 Å². The fourth-order valence-electron chi connectivity index (χ4n) is 2.92. The molecule has 0 aliphatic carbocycles. The molecule has 0 radical (unpaired) electrons. The molecular weight excluding hydrogens is 330 g/mol. The number of aliphatic imine (C=N–C) groups is 1. The van der Waals surface area contributed by atoms with Crippen LogP contribution in [0.1, 0.15) is 12.0 Å². The molecule has 1 saturated heterocycles. The third kappa shape index (κ3) is 4.31. The van der Waals surface area contributed by atoms with Crippen molar-refractivity contribution in [3.63, 3.8) is 0 Å². The summed E-state index contributed by atoms with van der Waals surface area (Å²) in [7, 11) is -1.12. The van der Waals surface area contributed by atoms with Crippen LogP contribution in [0.4, 0.5) is 0 Å². The lowest BCUT2D eigenvalue weighted by Gasteiger charge is -2.14. The molecule has 24 heavy (non-hydrogen) atoms. The van der Waals surface area contributed by atoms with Crippen LogP contribution >= 0.6 is 0 Å². The highest BCUT2D eigenvalue weighted by Gasteiger charge is 2.27. The highest BCUT2D eigenvalue weighted by atomic mass is 32.2. The summed E-state index contributed by atoms with van der Waals surface area (Å²) in [6.45, 7) is 1.63. The van der Waals surface area contributed by atoms with Gasteiger partial charge in [0.05, 0.1) is 11.5 Å². The van der Waals surface area contributed by atoms with Crippen molar-refractivity contribution in [1.29, 1.82) is 0 Å². The zero-order valence-corrected chi connectivity index (χ0v) is 14.6. The first kappa shape index (κ1) is 16.9. The van der Waals surface area contributed by atoms with Crippen molar-refractivity contribution in [3.8, 4) is 11.5 Å². The van der Waals surface area contributed by atoms with E-state index in [4.69, 9.17) is 9.47 Å². The number of ether oxygens (including phenoxy) is 2. The summed E-state index contributed by atoms with van der Waals surface area (Å²) in [5, 5.41) is 6.45. The summed E-state index contributed by atoms with van der Waals surface area (Å²) < 4.78 is 33.6. The maximum atomic E-state index is 11.5. The Morgan fingerprint density at radius 3 is 2.88 bits per heavy atom. The predicted molar refractivity (Wildman–Crippen MR) is 92.4 cm³/mol. The number of sulfone groups is 1. The summed E-state index contributed by atoms with van der Waals surface area (Å²) in [6, 6.07) is 5.93. The van der Waals surface area contributed by atoms with Crippen molar-refractivity contribution >= 4 is 15.8 Å². The molecule has 2 heterocycles. The fourth-order valence-corrected chi connectivity index (χ4v) is 4.78. The highest BCUT2D eigenvalue weighted by molar-refractivity contribution is 7.91. The van der Waals surface area contributed by atoms with E-state index in [1.165, 1.54) is 0 Å². The molecule has 7 nitrogen and oxygen atoms in total. The van der Waals surface area contributed by atoms with Crippen LogP contribution < -0.4 is 20.1 Å². The van der Waals surface area contributed by atoms with E-state index >= 15 is 0 Å². The van der Waals surface area contributed by atoms with E-state index < -0.39 is 9.84 Å². The Morgan fingerprint density at radius 1 is 1.29 bits per heavy atom. The molecular formula is C16H23N3O4S. The van der Waals surface area contributed by atoms with Gasteiger partial charge >= 0.3 is 0 Å². The molecule has 1 aromatic carbocycles. The highest BCUT2D eigenvalue weighted by Crippen LogP contribution is 2.32. The molecule has 3 rings (SSSR count). The summed E-state index contributed by atoms with van der Waals surface area (Å²) in [6.07, 6.45) is 1.55. The number of hydrogen-bond donors (Lipinski definition) is 2. The van der Waals surface area contributed by atoms with E-state index in [-0.39, 0.29) is 18.5 Å². The molecule has 2 aliphatic heterocycles. The number of hydrogen-bond acceptors (Lipinski definition) is 5. The van der Waals surface area contributed by atoms with Crippen LogP contribution in [0.25, 0.3) is 0 Å². The average Bonchev–Trinajstić information content (AvgIpc) is 3.16. The second-order valence-electron chi connectivity index (χ2n) is 6.09. The quantitative estimate of drug-likeness (QED) is 0.594. The van der Waals surface area contributed by atoms with Crippen LogP contribution in [0, 0.1) is 5.92 Å². The first-order chi connectivity index (χ1) is 11.6. The Balaban J connectivity index is 1.41. The van der Waals surface area contributed by atoms with Gasteiger partial charge in [-0.05, 0) is 36.5 Å². The Morgan fingerprint density at radius 2 is 2.12 bits per heavy atom. The third-order valence-electron chi connectivity index (χ3n) is 4.25. The van der Waals surface area contributed by atoms with Gasteiger partial charge in [-0.25, -0.2) is 8.42 Å². The van der Waals surface area contributed by atoms with Crippen molar-refractivity contribution in [3.05, 3.63) is 23.8 Å². The normalized spacial score (nSPS) is 21.7. The number of rotatable bonds is 5. The standard InChI is InChI=1S/C16H23N3O4S/c1-17-16(19-9-13-5-7-24(20,21)10-13)18-6-4-12-2-3-14-15(8-12)23-11-22-14/h2-3,8,13H,4-7,9-11H2,1H3,(H2,17,18,19). The zero-order chi connectivity index (χ0) is 17.0. The van der Waals surface area contributed by atoms with Gasteiger partial charge in [0.2, 0.25) is 6.79 Å². The predicted octanol–water partition coefficient (Wildman–Crippen LogP) is 0.558. The van der Waals surface area contributed by atoms with Gasteiger partial charge < -0.3 is 20.1 Å². The minimum absolute atomic E-state index is 0.169. The molecule has 8 heteroatoms. The average molecular weight is 353 g/mol. The van der Waals surface area contributed by atoms with Gasteiger partial charge in [0, 0.05) is 20.1 Å². The van der Waals surface area contributed by atoms with Crippen LogP contribution in [0.3, 0.4) is 0 Å². The minimum atomic E-state index is -2.83. The number of nitrogens with zero attached hydrogens (tertiary/aromatic N) is 1. The lowest BCUT2D eigenvalue weighted by atomic mass is 10.1. The minimum Gasteiger partial charge on any atom is -0.454 e. The number of guanidine groups is 1. The van der Waals surface area contributed by atoms with Crippen LogP contribution in [0.15, 0.2) is 23.2 Å². The van der Waals surface area contributed by atoms with Gasteiger partial charge in [-0.3, -0.25) is 4.99 Å². The molecule has 1 aromatic rings. The second-order valence-corrected chi connectivity index (χ2v) is 8.32. The van der Waals surface area contributed by atoms with Crippen LogP contribution in [-0.4, -0.2) is 52.8 Å². The third-order valence-corrected chi connectivity index (χ3v) is 6.09. The molecule has 132 valence electrons. The largest absolute Gasteiger partial charge is 0.454 e. The van der Waals surface area contributed by atoms with Crippen molar-refractivity contribution in [2.75, 3.05) is 38.4 Å². The summed E-state index contributed by atoms with van der Waals surface area (Å²) in [5.41, 5.74) is 1.16. The molecule has 0 spiro atoms. The van der Waals surface area contributed by atoms with E-state index in [0.717, 1.165) is 36.4 Å². The maximum Gasteiger partial charge on any atom is 0.231 e. The lowest BCUT2D eigenvalue weighted by molar-refractivity contribution is 0.174. The smallest absolute Gasteiger partial charge is 0.231 e. The Labute approximate surface area is 142 Å². The van der Waals surface area contributed by atoms with Crippen molar-refractivity contribution in [1.82, 2.24) is 10.6 Å². The Kier molecular flexibility index (Phi) is 5.13. The zero-order valence-electron chi connectivity index (χ0n) is 13.7. The molecule has 2 aliphatic rings. The van der Waals surface area contributed by atoms with E-state index in [9.17, 15) is 8.42 Å². The van der Waals surface area contributed by atoms with Gasteiger partial charge in [-0.1, -0.05) is 6.07 Å². The summed E-state index contributed by atoms with van der Waals surface area (Å²) >= 11 is 0. The van der Waals surface area contributed by atoms with E-state index in [0.29, 0.717) is 18.3 Å². The van der Waals surface area contributed by atoms with Crippen LogP contribution in [-0.2, 0) is 16.3 Å². The number of nitrogens with one attached hydrogen (secondary N) is 2. The van der Waals surface area contributed by atoms with Crippen molar-refractivity contribution < 1.29 is 17.9 Å². The SMILES string of the molecule is CN=C(NCCc1ccc2c(c1)OCO2)NCC1CCS(=O)(=O)C1. The molecule has 1 atom stereocenters. The number of fused-ring (bicyclic) bond motifs is 1. The topological polar surface area (TPSA) is 89.0 Å². The van der Waals surface area contributed by atoms with Crippen molar-refractivity contribution in [2.45, 2.75) is 12.8 Å². The lowest BCUT2D eigenvalue weighted by Crippen LogP contribution is -2.40. The Hall–Kier alpha value is -1.96. The second kappa shape index (κ2) is 7.29. The molecule has 0 amide bonds. The van der Waals surface area contributed by atoms with Gasteiger partial charge in [0.1, 0.15) is 0 Å². The monoisotopic (exact) mass is 353 g/mol. The summed E-state index contributed by atoms with van der Waals surface area (Å²) in [4.78, 5) is 4.17. The van der Waals surface area contributed by atoms with Gasteiger partial charge in [0.25, 0.3) is 0 Å². The molecule has 2 N–H and O–H groups in total. The summed E-state index contributed by atoms with van der Waals surface area (Å²) in [5.74, 6) is 3.01. The van der Waals surface area contributed by atoms with Gasteiger partial charge in [-0.15, -0.1) is 0 Å². The first-order valence-corrected chi connectivity index (χ1v) is 9.91. The fraction of sp³-hybridized carbons (Fsp3) is 0.562. The first-order valence-electron chi connectivity index (χ1n) is 8.09. The van der Waals surface area contributed by atoms with E-state index in [2.05, 4.69) is 15.6 Å². The van der Waals surface area contributed by atoms with Crippen LogP contribution in [0.2, 0.25) is 0 Å². The molecule has 0 aromatic heterocycles. The molecule has 0 bridgehead atoms. The van der Waals surface area contributed by atoms with Gasteiger partial charge in [-0.2, -0.15) is 0 Å². The molecule has 0 saturated carbocycles. The van der Waals surface area contributed by atoms with E-state index in [1.807, 2.05) is 18.2 Å².